The number of alkyl carbamates (subject to hydrolysis) is 1. The summed E-state index contributed by atoms with van der Waals surface area (Å²) in [7, 11) is -4.18. The standard InChI is InChI=1S/C11H14N2O7S/c1-8(7-21(17,18)19)12-11(14)20-6-9-2-4-10(5-3-9)13(15)16/h2-5,8H,6-7H2,1H3,(H,12,14)(H,17,18,19). The van der Waals surface area contributed by atoms with Crippen LogP contribution in [0.2, 0.25) is 0 Å². The Morgan fingerprint density at radius 3 is 2.48 bits per heavy atom. The zero-order valence-corrected chi connectivity index (χ0v) is 11.9. The Hall–Kier alpha value is -2.20. The lowest BCUT2D eigenvalue weighted by Gasteiger charge is -2.12. The maximum atomic E-state index is 11.4. The third-order valence-electron chi connectivity index (χ3n) is 2.34. The zero-order chi connectivity index (χ0) is 16.0. The molecule has 0 heterocycles. The van der Waals surface area contributed by atoms with E-state index in [1.165, 1.54) is 31.2 Å². The highest BCUT2D eigenvalue weighted by atomic mass is 32.2. The van der Waals surface area contributed by atoms with Crippen molar-refractivity contribution in [1.29, 1.82) is 0 Å². The van der Waals surface area contributed by atoms with Gasteiger partial charge in [-0.15, -0.1) is 0 Å². The molecule has 1 amide bonds. The topological polar surface area (TPSA) is 136 Å². The van der Waals surface area contributed by atoms with Crippen LogP contribution in [-0.4, -0.2) is 35.8 Å². The van der Waals surface area contributed by atoms with Gasteiger partial charge >= 0.3 is 6.09 Å². The van der Waals surface area contributed by atoms with Crippen molar-refractivity contribution in [1.82, 2.24) is 5.32 Å². The van der Waals surface area contributed by atoms with Crippen LogP contribution in [0.5, 0.6) is 0 Å². The van der Waals surface area contributed by atoms with Gasteiger partial charge in [0.05, 0.1) is 10.7 Å². The number of ether oxygens (including phenoxy) is 1. The fraction of sp³-hybridized carbons (Fsp3) is 0.364. The summed E-state index contributed by atoms with van der Waals surface area (Å²) in [5.74, 6) is -0.625. The number of non-ortho nitro benzene ring substituents is 1. The highest BCUT2D eigenvalue weighted by Gasteiger charge is 2.15. The van der Waals surface area contributed by atoms with Crippen molar-refractivity contribution in [2.24, 2.45) is 0 Å². The lowest BCUT2D eigenvalue weighted by atomic mass is 10.2. The van der Waals surface area contributed by atoms with Crippen molar-refractivity contribution < 1.29 is 27.4 Å². The molecule has 1 unspecified atom stereocenters. The van der Waals surface area contributed by atoms with Crippen LogP contribution >= 0.6 is 0 Å². The van der Waals surface area contributed by atoms with E-state index in [9.17, 15) is 23.3 Å². The molecule has 1 aromatic rings. The number of nitro groups is 1. The molecule has 0 bridgehead atoms. The number of carbonyl (C=O) groups is 1. The molecule has 0 saturated carbocycles. The molecule has 9 nitrogen and oxygen atoms in total. The minimum Gasteiger partial charge on any atom is -0.445 e. The quantitative estimate of drug-likeness (QED) is 0.455. The number of amides is 1. The number of rotatable bonds is 6. The Kier molecular flexibility index (Phi) is 5.61. The second-order valence-corrected chi connectivity index (χ2v) is 5.79. The van der Waals surface area contributed by atoms with Gasteiger partial charge in [-0.05, 0) is 24.6 Å². The molecule has 0 radical (unpaired) electrons. The van der Waals surface area contributed by atoms with Crippen LogP contribution in [0.15, 0.2) is 24.3 Å². The van der Waals surface area contributed by atoms with Gasteiger partial charge in [0.1, 0.15) is 6.61 Å². The van der Waals surface area contributed by atoms with Crippen molar-refractivity contribution in [3.05, 3.63) is 39.9 Å². The first-order valence-corrected chi connectivity index (χ1v) is 7.40. The van der Waals surface area contributed by atoms with E-state index < -0.39 is 32.9 Å². The molecule has 1 atom stereocenters. The third-order valence-corrected chi connectivity index (χ3v) is 3.26. The molecule has 21 heavy (non-hydrogen) atoms. The first kappa shape index (κ1) is 16.9. The average Bonchev–Trinajstić information content (AvgIpc) is 2.34. The van der Waals surface area contributed by atoms with E-state index in [-0.39, 0.29) is 12.3 Å². The summed E-state index contributed by atoms with van der Waals surface area (Å²) >= 11 is 0. The Balaban J connectivity index is 2.44. The molecule has 0 spiro atoms. The smallest absolute Gasteiger partial charge is 0.407 e. The van der Waals surface area contributed by atoms with E-state index >= 15 is 0 Å². The molecule has 1 rings (SSSR count). The van der Waals surface area contributed by atoms with Gasteiger partial charge in [-0.2, -0.15) is 8.42 Å². The van der Waals surface area contributed by atoms with Gasteiger partial charge in [-0.25, -0.2) is 4.79 Å². The van der Waals surface area contributed by atoms with Crippen LogP contribution in [0.4, 0.5) is 10.5 Å². The van der Waals surface area contributed by atoms with E-state index in [0.29, 0.717) is 5.56 Å². The van der Waals surface area contributed by atoms with Gasteiger partial charge in [-0.1, -0.05) is 0 Å². The van der Waals surface area contributed by atoms with Crippen molar-refractivity contribution >= 4 is 21.9 Å². The van der Waals surface area contributed by atoms with Crippen molar-refractivity contribution in [2.45, 2.75) is 19.6 Å². The molecular weight excluding hydrogens is 304 g/mol. The molecule has 10 heteroatoms. The second-order valence-electron chi connectivity index (χ2n) is 4.29. The van der Waals surface area contributed by atoms with E-state index in [1.807, 2.05) is 0 Å². The molecule has 0 aliphatic carbocycles. The number of nitrogens with one attached hydrogen (secondary N) is 1. The van der Waals surface area contributed by atoms with Crippen LogP contribution in [-0.2, 0) is 21.5 Å². The highest BCUT2D eigenvalue weighted by Crippen LogP contribution is 2.12. The van der Waals surface area contributed by atoms with Gasteiger partial charge in [-0.3, -0.25) is 14.7 Å². The summed E-state index contributed by atoms with van der Waals surface area (Å²) in [5.41, 5.74) is 0.461. The predicted molar refractivity (Wildman–Crippen MR) is 72.3 cm³/mol. The van der Waals surface area contributed by atoms with E-state index in [0.717, 1.165) is 0 Å². The number of carbonyl (C=O) groups excluding carboxylic acids is 1. The third kappa shape index (κ3) is 6.68. The lowest BCUT2D eigenvalue weighted by Crippen LogP contribution is -2.37. The number of nitro benzene ring substituents is 1. The summed E-state index contributed by atoms with van der Waals surface area (Å²) in [5, 5.41) is 12.7. The van der Waals surface area contributed by atoms with Gasteiger partial charge in [0.25, 0.3) is 15.8 Å². The first-order chi connectivity index (χ1) is 9.67. The molecule has 2 N–H and O–H groups in total. The summed E-state index contributed by atoms with van der Waals surface area (Å²) in [6.45, 7) is 1.27. The summed E-state index contributed by atoms with van der Waals surface area (Å²) in [6, 6.07) is 4.61. The SMILES string of the molecule is CC(CS(=O)(=O)O)NC(=O)OCc1ccc([N+](=O)[O-])cc1. The molecule has 1 aromatic carbocycles. The van der Waals surface area contributed by atoms with Crippen LogP contribution in [0.25, 0.3) is 0 Å². The van der Waals surface area contributed by atoms with E-state index in [4.69, 9.17) is 9.29 Å². The number of benzene rings is 1. The minimum absolute atomic E-state index is 0.0787. The van der Waals surface area contributed by atoms with Crippen LogP contribution < -0.4 is 5.32 Å². The molecular formula is C11H14N2O7S. The second kappa shape index (κ2) is 6.99. The molecule has 0 aromatic heterocycles. The van der Waals surface area contributed by atoms with Crippen LogP contribution in [0.1, 0.15) is 12.5 Å². The largest absolute Gasteiger partial charge is 0.445 e. The van der Waals surface area contributed by atoms with E-state index in [2.05, 4.69) is 5.32 Å². The van der Waals surface area contributed by atoms with Crippen LogP contribution in [0, 0.1) is 10.1 Å². The minimum atomic E-state index is -4.18. The van der Waals surface area contributed by atoms with Crippen LogP contribution in [0.3, 0.4) is 0 Å². The Bertz CT molecular complexity index is 612. The first-order valence-electron chi connectivity index (χ1n) is 5.79. The molecule has 0 aliphatic rings. The summed E-state index contributed by atoms with van der Waals surface area (Å²) < 4.78 is 34.6. The monoisotopic (exact) mass is 318 g/mol. The van der Waals surface area contributed by atoms with Gasteiger partial charge in [0, 0.05) is 18.2 Å². The average molecular weight is 318 g/mol. The fourth-order valence-corrected chi connectivity index (χ4v) is 2.18. The van der Waals surface area contributed by atoms with Crippen molar-refractivity contribution in [3.8, 4) is 0 Å². The number of nitrogens with zero attached hydrogens (tertiary/aromatic N) is 1. The summed E-state index contributed by atoms with van der Waals surface area (Å²) in [6.07, 6.45) is -0.857. The molecule has 0 saturated heterocycles. The van der Waals surface area contributed by atoms with E-state index in [1.54, 1.807) is 0 Å². The van der Waals surface area contributed by atoms with Gasteiger partial charge in [0.2, 0.25) is 0 Å². The number of hydrogen-bond donors (Lipinski definition) is 2. The molecule has 116 valence electrons. The van der Waals surface area contributed by atoms with Crippen molar-refractivity contribution in [3.63, 3.8) is 0 Å². The normalized spacial score (nSPS) is 12.5. The summed E-state index contributed by atoms with van der Waals surface area (Å²) in [4.78, 5) is 21.3. The lowest BCUT2D eigenvalue weighted by molar-refractivity contribution is -0.384. The maximum absolute atomic E-state index is 11.4. The predicted octanol–water partition coefficient (Wildman–Crippen LogP) is 1.10. The molecule has 0 fully saturated rings. The van der Waals surface area contributed by atoms with Gasteiger partial charge in [0.15, 0.2) is 0 Å². The Morgan fingerprint density at radius 2 is 2.00 bits per heavy atom. The Labute approximate surface area is 120 Å². The Morgan fingerprint density at radius 1 is 1.43 bits per heavy atom. The zero-order valence-electron chi connectivity index (χ0n) is 11.1. The maximum Gasteiger partial charge on any atom is 0.407 e. The number of hydrogen-bond acceptors (Lipinski definition) is 6. The van der Waals surface area contributed by atoms with Crippen molar-refractivity contribution in [2.75, 3.05) is 5.75 Å². The van der Waals surface area contributed by atoms with Gasteiger partial charge < -0.3 is 10.1 Å². The fourth-order valence-electron chi connectivity index (χ4n) is 1.46. The highest BCUT2D eigenvalue weighted by molar-refractivity contribution is 7.85. The molecule has 0 aliphatic heterocycles.